The second kappa shape index (κ2) is 5.53. The molecule has 4 heterocycles. The molecule has 4 aromatic rings. The molecule has 0 aliphatic rings. The van der Waals surface area contributed by atoms with Crippen molar-refractivity contribution in [1.29, 1.82) is 0 Å². The van der Waals surface area contributed by atoms with Crippen LogP contribution in [0, 0.1) is 6.92 Å². The zero-order valence-corrected chi connectivity index (χ0v) is 13.8. The third kappa shape index (κ3) is 2.54. The first-order valence-electron chi connectivity index (χ1n) is 7.17. The predicted octanol–water partition coefficient (Wildman–Crippen LogP) is 2.38. The summed E-state index contributed by atoms with van der Waals surface area (Å²) in [7, 11) is 1.84. The van der Waals surface area contributed by atoms with Gasteiger partial charge in [-0.05, 0) is 13.0 Å². The number of anilines is 1. The zero-order chi connectivity index (χ0) is 16.7. The molecule has 0 aromatic carbocycles. The first-order valence-corrected chi connectivity index (χ1v) is 8.05. The number of aromatic amines is 1. The van der Waals surface area contributed by atoms with Gasteiger partial charge in [0.05, 0.1) is 18.1 Å². The molecule has 0 radical (unpaired) electrons. The van der Waals surface area contributed by atoms with Crippen molar-refractivity contribution >= 4 is 34.0 Å². The molecule has 0 spiro atoms. The van der Waals surface area contributed by atoms with E-state index in [0.29, 0.717) is 17.0 Å². The van der Waals surface area contributed by atoms with Gasteiger partial charge in [0, 0.05) is 35.3 Å². The molecule has 2 N–H and O–H groups in total. The number of H-pyrrole nitrogens is 1. The fraction of sp³-hybridized carbons (Fsp3) is 0.133. The van der Waals surface area contributed by atoms with E-state index < -0.39 is 0 Å². The molecule has 0 atom stereocenters. The molecule has 0 aliphatic heterocycles. The maximum absolute atomic E-state index is 12.4. The Kier molecular flexibility index (Phi) is 3.35. The summed E-state index contributed by atoms with van der Waals surface area (Å²) in [5, 5.41) is 17.2. The van der Waals surface area contributed by atoms with Crippen LogP contribution in [-0.4, -0.2) is 35.9 Å². The highest BCUT2D eigenvalue weighted by atomic mass is 32.1. The van der Waals surface area contributed by atoms with E-state index in [1.165, 1.54) is 11.3 Å². The van der Waals surface area contributed by atoms with Crippen LogP contribution in [0.4, 0.5) is 5.69 Å². The van der Waals surface area contributed by atoms with Gasteiger partial charge < -0.3 is 5.32 Å². The van der Waals surface area contributed by atoms with Crippen molar-refractivity contribution < 1.29 is 4.79 Å². The minimum atomic E-state index is -0.274. The number of fused-ring (bicyclic) bond motifs is 1. The molecule has 4 rings (SSSR count). The quantitative estimate of drug-likeness (QED) is 0.597. The summed E-state index contributed by atoms with van der Waals surface area (Å²) >= 11 is 1.41. The van der Waals surface area contributed by atoms with Crippen LogP contribution in [0.15, 0.2) is 30.0 Å². The molecule has 0 unspecified atom stereocenters. The molecule has 0 aliphatic carbocycles. The van der Waals surface area contributed by atoms with E-state index in [1.807, 2.05) is 26.2 Å². The van der Waals surface area contributed by atoms with E-state index in [9.17, 15) is 4.79 Å². The van der Waals surface area contributed by atoms with Crippen molar-refractivity contribution in [2.45, 2.75) is 6.92 Å². The van der Waals surface area contributed by atoms with Crippen LogP contribution in [-0.2, 0) is 7.05 Å². The third-order valence-corrected chi connectivity index (χ3v) is 4.44. The Labute approximate surface area is 140 Å². The Morgan fingerprint density at radius 1 is 1.38 bits per heavy atom. The van der Waals surface area contributed by atoms with Gasteiger partial charge in [0.15, 0.2) is 5.65 Å². The van der Waals surface area contributed by atoms with Gasteiger partial charge in [-0.15, -0.1) is 11.3 Å². The molecule has 4 aromatic heterocycles. The number of pyridine rings is 1. The number of rotatable bonds is 3. The number of carbonyl (C=O) groups is 1. The van der Waals surface area contributed by atoms with Crippen LogP contribution in [0.3, 0.4) is 0 Å². The monoisotopic (exact) mass is 339 g/mol. The zero-order valence-electron chi connectivity index (χ0n) is 12.9. The molecule has 8 nitrogen and oxygen atoms in total. The summed E-state index contributed by atoms with van der Waals surface area (Å²) < 4.78 is 1.70. The molecule has 0 bridgehead atoms. The summed E-state index contributed by atoms with van der Waals surface area (Å²) in [6.07, 6.45) is 5.16. The van der Waals surface area contributed by atoms with E-state index >= 15 is 0 Å². The Hall–Kier alpha value is -3.07. The van der Waals surface area contributed by atoms with Gasteiger partial charge in [-0.3, -0.25) is 14.6 Å². The minimum absolute atomic E-state index is 0.274. The Morgan fingerprint density at radius 2 is 2.25 bits per heavy atom. The number of amides is 1. The molecule has 24 heavy (non-hydrogen) atoms. The van der Waals surface area contributed by atoms with Crippen molar-refractivity contribution in [2.75, 3.05) is 5.32 Å². The molecular formula is C15H13N7OS. The molecule has 0 saturated carbocycles. The second-order valence-electron chi connectivity index (χ2n) is 5.34. The van der Waals surface area contributed by atoms with Gasteiger partial charge in [-0.2, -0.15) is 10.2 Å². The largest absolute Gasteiger partial charge is 0.319 e. The maximum Gasteiger partial charge on any atom is 0.275 e. The van der Waals surface area contributed by atoms with Crippen molar-refractivity contribution in [1.82, 2.24) is 29.9 Å². The van der Waals surface area contributed by atoms with Gasteiger partial charge >= 0.3 is 0 Å². The van der Waals surface area contributed by atoms with Gasteiger partial charge in [-0.1, -0.05) is 0 Å². The number of hydrogen-bond donors (Lipinski definition) is 2. The third-order valence-electron chi connectivity index (χ3n) is 3.55. The number of hydrogen-bond acceptors (Lipinski definition) is 6. The van der Waals surface area contributed by atoms with E-state index in [1.54, 1.807) is 22.5 Å². The number of thiazole rings is 1. The highest BCUT2D eigenvalue weighted by Gasteiger charge is 2.14. The van der Waals surface area contributed by atoms with Crippen LogP contribution in [0.1, 0.15) is 16.2 Å². The predicted molar refractivity (Wildman–Crippen MR) is 90.9 cm³/mol. The highest BCUT2D eigenvalue weighted by Crippen LogP contribution is 2.24. The fourth-order valence-electron chi connectivity index (χ4n) is 2.33. The molecular weight excluding hydrogens is 326 g/mol. The van der Waals surface area contributed by atoms with Gasteiger partial charge in [0.2, 0.25) is 0 Å². The number of aromatic nitrogens is 6. The van der Waals surface area contributed by atoms with Crippen LogP contribution >= 0.6 is 11.3 Å². The van der Waals surface area contributed by atoms with Crippen molar-refractivity contribution in [3.63, 3.8) is 0 Å². The van der Waals surface area contributed by atoms with E-state index in [4.69, 9.17) is 0 Å². The average molecular weight is 339 g/mol. The van der Waals surface area contributed by atoms with Gasteiger partial charge in [-0.25, -0.2) is 9.97 Å². The lowest BCUT2D eigenvalue weighted by molar-refractivity contribution is 0.102. The topological polar surface area (TPSA) is 101 Å². The average Bonchev–Trinajstić information content (AvgIpc) is 3.28. The van der Waals surface area contributed by atoms with Crippen LogP contribution in [0.25, 0.3) is 21.6 Å². The summed E-state index contributed by atoms with van der Waals surface area (Å²) in [5.41, 5.74) is 3.38. The van der Waals surface area contributed by atoms with Crippen molar-refractivity contribution in [2.24, 2.45) is 7.05 Å². The first-order chi connectivity index (χ1) is 11.6. The van der Waals surface area contributed by atoms with Crippen molar-refractivity contribution in [3.8, 4) is 10.6 Å². The SMILES string of the molecule is Cc1[nH]nc2ncc(NC(=O)c3csc(-c4cnn(C)c4)n3)cc12. The number of carbonyl (C=O) groups excluding carboxylic acids is 1. The normalized spacial score (nSPS) is 11.1. The Morgan fingerprint density at radius 3 is 3.04 bits per heavy atom. The summed E-state index contributed by atoms with van der Waals surface area (Å²) in [4.78, 5) is 21.0. The standard InChI is InChI=1S/C15H13N7OS/c1-8-11-3-10(5-16-13(11)21-20-8)18-14(23)12-7-24-15(19-12)9-4-17-22(2)6-9/h3-7H,1-2H3,(H,18,23)(H,16,20,21). The molecule has 120 valence electrons. The molecule has 1 amide bonds. The van der Waals surface area contributed by atoms with E-state index in [-0.39, 0.29) is 5.91 Å². The van der Waals surface area contributed by atoms with E-state index in [2.05, 4.69) is 30.6 Å². The van der Waals surface area contributed by atoms with Crippen LogP contribution in [0.2, 0.25) is 0 Å². The lowest BCUT2D eigenvalue weighted by Crippen LogP contribution is -2.12. The number of aryl methyl sites for hydroxylation is 2. The Bertz CT molecular complexity index is 1050. The number of nitrogens with zero attached hydrogens (tertiary/aromatic N) is 5. The first kappa shape index (κ1) is 14.5. The van der Waals surface area contributed by atoms with Gasteiger partial charge in [0.1, 0.15) is 10.7 Å². The lowest BCUT2D eigenvalue weighted by Gasteiger charge is -2.02. The van der Waals surface area contributed by atoms with Gasteiger partial charge in [0.25, 0.3) is 5.91 Å². The summed E-state index contributed by atoms with van der Waals surface area (Å²) in [5.74, 6) is -0.274. The van der Waals surface area contributed by atoms with Crippen LogP contribution < -0.4 is 5.32 Å². The van der Waals surface area contributed by atoms with Crippen molar-refractivity contribution in [3.05, 3.63) is 41.4 Å². The Balaban J connectivity index is 1.57. The summed E-state index contributed by atoms with van der Waals surface area (Å²) in [6.45, 7) is 1.91. The maximum atomic E-state index is 12.4. The van der Waals surface area contributed by atoms with Crippen LogP contribution in [0.5, 0.6) is 0 Å². The highest BCUT2D eigenvalue weighted by molar-refractivity contribution is 7.13. The fourth-order valence-corrected chi connectivity index (χ4v) is 3.10. The number of nitrogens with one attached hydrogen (secondary N) is 2. The molecule has 0 fully saturated rings. The molecule has 9 heteroatoms. The summed E-state index contributed by atoms with van der Waals surface area (Å²) in [6, 6.07) is 1.84. The lowest BCUT2D eigenvalue weighted by atomic mass is 10.2. The van der Waals surface area contributed by atoms with E-state index in [0.717, 1.165) is 21.7 Å². The second-order valence-corrected chi connectivity index (χ2v) is 6.20. The minimum Gasteiger partial charge on any atom is -0.319 e. The smallest absolute Gasteiger partial charge is 0.275 e. The molecule has 0 saturated heterocycles.